The van der Waals surface area contributed by atoms with E-state index in [1.165, 1.54) is 12.1 Å². The number of Topliss-reactive ketones (excluding diaryl/α,β-unsaturated/α-hetero) is 1. The second-order valence-electron chi connectivity index (χ2n) is 10.7. The third kappa shape index (κ3) is 4.60. The van der Waals surface area contributed by atoms with Gasteiger partial charge in [0.05, 0.1) is 10.7 Å². The van der Waals surface area contributed by atoms with Crippen molar-refractivity contribution in [2.75, 3.05) is 0 Å². The minimum absolute atomic E-state index is 0.0575. The van der Waals surface area contributed by atoms with Crippen LogP contribution in [0.4, 0.5) is 5.69 Å². The molecule has 0 aromatic heterocycles. The van der Waals surface area contributed by atoms with Gasteiger partial charge >= 0.3 is 0 Å². The Morgan fingerprint density at radius 2 is 1.57 bits per heavy atom. The Kier molecular flexibility index (Phi) is 7.30. The molecule has 0 saturated heterocycles. The van der Waals surface area contributed by atoms with Gasteiger partial charge in [0.25, 0.3) is 14.0 Å². The lowest BCUT2D eigenvalue weighted by molar-refractivity contribution is -0.384. The second-order valence-corrected chi connectivity index (χ2v) is 17.3. The number of carbonyl (C=O) groups excluding carboxylic acids is 1. The molecule has 3 atom stereocenters. The van der Waals surface area contributed by atoms with Gasteiger partial charge in [-0.2, -0.15) is 0 Å². The predicted molar refractivity (Wildman–Crippen MR) is 145 cm³/mol. The number of non-ortho nitro benzene ring substituents is 1. The fourth-order valence-corrected chi connectivity index (χ4v) is 13.0. The highest BCUT2D eigenvalue weighted by Crippen LogP contribution is 2.52. The van der Waals surface area contributed by atoms with E-state index < -0.39 is 8.32 Å². The van der Waals surface area contributed by atoms with Crippen LogP contribution in [0.1, 0.15) is 69.8 Å². The number of ketones is 1. The van der Waals surface area contributed by atoms with E-state index >= 15 is 0 Å². The molecule has 0 unspecified atom stereocenters. The van der Waals surface area contributed by atoms with Gasteiger partial charge in [0, 0.05) is 46.1 Å². The molecule has 0 saturated carbocycles. The molecule has 35 heavy (non-hydrogen) atoms. The van der Waals surface area contributed by atoms with Gasteiger partial charge in [-0.3, -0.25) is 14.9 Å². The molecule has 0 fully saturated rings. The van der Waals surface area contributed by atoms with Gasteiger partial charge in [0.2, 0.25) is 0 Å². The Morgan fingerprint density at radius 1 is 0.971 bits per heavy atom. The van der Waals surface area contributed by atoms with Crippen molar-refractivity contribution < 1.29 is 14.1 Å². The van der Waals surface area contributed by atoms with Gasteiger partial charge in [-0.1, -0.05) is 71.9 Å². The van der Waals surface area contributed by atoms with Crippen LogP contribution in [0.5, 0.6) is 0 Å². The molecule has 1 aliphatic heterocycles. The fourth-order valence-electron chi connectivity index (χ4n) is 6.27. The van der Waals surface area contributed by atoms with Crippen molar-refractivity contribution in [2.45, 2.75) is 80.7 Å². The van der Waals surface area contributed by atoms with Crippen molar-refractivity contribution in [1.82, 2.24) is 0 Å². The van der Waals surface area contributed by atoms with E-state index in [2.05, 4.69) is 47.6 Å². The van der Waals surface area contributed by atoms with E-state index in [0.717, 1.165) is 28.2 Å². The largest absolute Gasteiger partial charge is 0.546 e. The van der Waals surface area contributed by atoms with Gasteiger partial charge in [-0.15, -0.1) is 11.8 Å². The molecule has 0 amide bonds. The van der Waals surface area contributed by atoms with Crippen molar-refractivity contribution in [2.24, 2.45) is 5.92 Å². The van der Waals surface area contributed by atoms with Crippen molar-refractivity contribution in [1.29, 1.82) is 0 Å². The Balaban J connectivity index is 1.80. The van der Waals surface area contributed by atoms with Gasteiger partial charge in [-0.05, 0) is 34.3 Å². The van der Waals surface area contributed by atoms with Crippen LogP contribution in [-0.2, 0) is 4.43 Å². The maximum absolute atomic E-state index is 13.7. The normalized spacial score (nSPS) is 22.1. The zero-order chi connectivity index (χ0) is 25.5. The van der Waals surface area contributed by atoms with E-state index in [-0.39, 0.29) is 33.5 Å². The van der Waals surface area contributed by atoms with Crippen LogP contribution in [0.3, 0.4) is 0 Å². The Labute approximate surface area is 213 Å². The highest BCUT2D eigenvalue weighted by Gasteiger charge is 2.50. The van der Waals surface area contributed by atoms with Crippen molar-refractivity contribution in [3.8, 4) is 0 Å². The summed E-state index contributed by atoms with van der Waals surface area (Å²) >= 11 is 1.77. The number of nitrogens with zero attached hydrogens (tertiary/aromatic N) is 1. The Hall–Kier alpha value is -2.38. The van der Waals surface area contributed by atoms with Crippen LogP contribution in [-0.4, -0.2) is 24.3 Å². The molecule has 2 aliphatic rings. The van der Waals surface area contributed by atoms with Crippen molar-refractivity contribution in [3.05, 3.63) is 81.6 Å². The number of carbonyl (C=O) groups is 1. The van der Waals surface area contributed by atoms with Crippen LogP contribution < -0.4 is 0 Å². The molecular formula is C28H35NO4SSi. The number of fused-ring (bicyclic) bond motifs is 2. The minimum atomic E-state index is -2.17. The van der Waals surface area contributed by atoms with Crippen LogP contribution in [0.15, 0.2) is 65.3 Å². The first-order valence-corrected chi connectivity index (χ1v) is 15.5. The molecule has 1 aliphatic carbocycles. The van der Waals surface area contributed by atoms with Crippen molar-refractivity contribution >= 4 is 31.5 Å². The molecule has 2 aromatic rings. The average molecular weight is 510 g/mol. The smallest absolute Gasteiger partial charge is 0.269 e. The minimum Gasteiger partial charge on any atom is -0.546 e. The Bertz CT molecular complexity index is 1120. The first kappa shape index (κ1) is 25.7. The number of rotatable bonds is 7. The van der Waals surface area contributed by atoms with E-state index in [4.69, 9.17) is 4.43 Å². The first-order chi connectivity index (χ1) is 16.6. The van der Waals surface area contributed by atoms with E-state index in [1.807, 2.05) is 24.3 Å². The predicted octanol–water partition coefficient (Wildman–Crippen LogP) is 8.13. The average Bonchev–Trinajstić information content (AvgIpc) is 2.81. The Morgan fingerprint density at radius 3 is 2.14 bits per heavy atom. The van der Waals surface area contributed by atoms with Gasteiger partial charge in [-0.25, -0.2) is 0 Å². The molecule has 5 nitrogen and oxygen atoms in total. The maximum Gasteiger partial charge on any atom is 0.269 e. The zero-order valence-corrected chi connectivity index (χ0v) is 23.2. The summed E-state index contributed by atoms with van der Waals surface area (Å²) in [6.45, 7) is 13.7. The molecule has 0 bridgehead atoms. The van der Waals surface area contributed by atoms with Gasteiger partial charge in [0.1, 0.15) is 0 Å². The SMILES string of the molecule is CC(C)[Si](OC1=C[C@@H](c2ccc([N+](=O)[O-])cc2)[C@H]2C(=O)c3ccccc3S[C@H]2C1)(C(C)C)C(C)C. The molecule has 0 N–H and O–H groups in total. The number of nitro groups is 1. The molecule has 4 rings (SSSR count). The first-order valence-electron chi connectivity index (χ1n) is 12.5. The summed E-state index contributed by atoms with van der Waals surface area (Å²) in [4.78, 5) is 25.6. The monoisotopic (exact) mass is 509 g/mol. The third-order valence-electron chi connectivity index (χ3n) is 7.79. The number of hydrogen-bond acceptors (Lipinski definition) is 5. The number of nitro benzene ring substituents is 1. The lowest BCUT2D eigenvalue weighted by atomic mass is 9.74. The van der Waals surface area contributed by atoms with Crippen molar-refractivity contribution in [3.63, 3.8) is 0 Å². The fraction of sp³-hybridized carbons (Fsp3) is 0.464. The van der Waals surface area contributed by atoms with Crippen LogP contribution in [0, 0.1) is 16.0 Å². The summed E-state index contributed by atoms with van der Waals surface area (Å²) in [6.07, 6.45) is 2.88. The van der Waals surface area contributed by atoms with Gasteiger partial charge < -0.3 is 4.43 Å². The highest BCUT2D eigenvalue weighted by molar-refractivity contribution is 8.00. The van der Waals surface area contributed by atoms with Crippen LogP contribution in [0.25, 0.3) is 0 Å². The number of benzene rings is 2. The molecule has 0 radical (unpaired) electrons. The quantitative estimate of drug-likeness (QED) is 0.214. The summed E-state index contributed by atoms with van der Waals surface area (Å²) < 4.78 is 7.12. The number of hydrogen-bond donors (Lipinski definition) is 0. The second kappa shape index (κ2) is 9.94. The zero-order valence-electron chi connectivity index (χ0n) is 21.4. The molecule has 1 heterocycles. The standard InChI is InChI=1S/C28H35NO4SSi/c1-17(2)35(18(3)4,19(5)6)33-22-15-24(20-11-13-21(14-12-20)29(31)32)27-26(16-22)34-25-10-8-7-9-23(25)28(27)30/h7-15,17-19,24,26-27H,16H2,1-6H3/t24-,26-,27+/m0/s1. The number of thioether (sulfide) groups is 1. The van der Waals surface area contributed by atoms with E-state index in [1.54, 1.807) is 23.9 Å². The lowest BCUT2D eigenvalue weighted by Crippen LogP contribution is -2.48. The topological polar surface area (TPSA) is 69.4 Å². The van der Waals surface area contributed by atoms with Crippen LogP contribution >= 0.6 is 11.8 Å². The number of allylic oxidation sites excluding steroid dienone is 2. The lowest BCUT2D eigenvalue weighted by Gasteiger charge is -2.46. The summed E-state index contributed by atoms with van der Waals surface area (Å²) in [5.74, 6) is 0.730. The van der Waals surface area contributed by atoms with E-state index in [9.17, 15) is 14.9 Å². The molecular weight excluding hydrogens is 474 g/mol. The van der Waals surface area contributed by atoms with E-state index in [0.29, 0.717) is 16.6 Å². The third-order valence-corrected chi connectivity index (χ3v) is 15.2. The molecule has 2 aromatic carbocycles. The molecule has 186 valence electrons. The van der Waals surface area contributed by atoms with Gasteiger partial charge in [0.15, 0.2) is 5.78 Å². The summed E-state index contributed by atoms with van der Waals surface area (Å²) in [5, 5.41) is 11.3. The van der Waals surface area contributed by atoms with Crippen LogP contribution in [0.2, 0.25) is 16.6 Å². The summed E-state index contributed by atoms with van der Waals surface area (Å²) in [7, 11) is -2.17. The summed E-state index contributed by atoms with van der Waals surface area (Å²) in [5.41, 5.74) is 3.09. The molecule has 7 heteroatoms. The molecule has 0 spiro atoms. The highest BCUT2D eigenvalue weighted by atomic mass is 32.2. The summed E-state index contributed by atoms with van der Waals surface area (Å²) in [6, 6.07) is 14.5. The maximum atomic E-state index is 13.7.